The highest BCUT2D eigenvalue weighted by molar-refractivity contribution is 9.10. The lowest BCUT2D eigenvalue weighted by Gasteiger charge is -2.30. The van der Waals surface area contributed by atoms with Crippen molar-refractivity contribution in [3.8, 4) is 5.75 Å². The third kappa shape index (κ3) is 5.38. The van der Waals surface area contributed by atoms with E-state index in [1.165, 1.54) is 0 Å². The normalized spacial score (nSPS) is 23.6. The minimum absolute atomic E-state index is 0.0183. The summed E-state index contributed by atoms with van der Waals surface area (Å²) in [5, 5.41) is 0. The Hall–Kier alpha value is -0.750. The first-order chi connectivity index (χ1) is 10.8. The third-order valence-electron chi connectivity index (χ3n) is 4.61. The molecule has 1 atom stereocenters. The molecule has 2 nitrogen and oxygen atoms in total. The van der Waals surface area contributed by atoms with E-state index in [2.05, 4.69) is 15.9 Å². The van der Waals surface area contributed by atoms with Gasteiger partial charge in [-0.3, -0.25) is 0 Å². The van der Waals surface area contributed by atoms with Crippen LogP contribution in [-0.4, -0.2) is 18.3 Å². The Morgan fingerprint density at radius 3 is 2.52 bits per heavy atom. The highest BCUT2D eigenvalue weighted by Gasteiger charge is 2.36. The highest BCUT2D eigenvalue weighted by Crippen LogP contribution is 2.34. The Kier molecular flexibility index (Phi) is 6.37. The molecule has 0 unspecified atom stereocenters. The van der Waals surface area contributed by atoms with Crippen LogP contribution in [0.15, 0.2) is 22.7 Å². The molecule has 2 rings (SSSR count). The van der Waals surface area contributed by atoms with Crippen LogP contribution in [0.2, 0.25) is 0 Å². The topological polar surface area (TPSA) is 35.2 Å². The van der Waals surface area contributed by atoms with E-state index in [9.17, 15) is 13.2 Å². The molecule has 1 aliphatic rings. The van der Waals surface area contributed by atoms with Crippen molar-refractivity contribution in [3.63, 3.8) is 0 Å². The van der Waals surface area contributed by atoms with E-state index in [-0.39, 0.29) is 12.5 Å². The molecule has 0 heterocycles. The SMILES string of the molecule is Cc1c(Br)cccc1OC1CCC(CC[C@@H](N)C(F)(F)F)CC1. The molecule has 1 aliphatic carbocycles. The van der Waals surface area contributed by atoms with E-state index in [0.29, 0.717) is 12.3 Å². The lowest BCUT2D eigenvalue weighted by atomic mass is 9.83. The summed E-state index contributed by atoms with van der Waals surface area (Å²) in [6.45, 7) is 2.00. The average Bonchev–Trinajstić information content (AvgIpc) is 2.50. The van der Waals surface area contributed by atoms with E-state index in [0.717, 1.165) is 41.5 Å². The van der Waals surface area contributed by atoms with Gasteiger partial charge < -0.3 is 10.5 Å². The molecule has 23 heavy (non-hydrogen) atoms. The van der Waals surface area contributed by atoms with E-state index >= 15 is 0 Å². The van der Waals surface area contributed by atoms with Crippen LogP contribution in [0.5, 0.6) is 5.75 Å². The average molecular weight is 394 g/mol. The second kappa shape index (κ2) is 7.88. The maximum atomic E-state index is 12.4. The molecular formula is C17H23BrF3NO. The Balaban J connectivity index is 1.77. The third-order valence-corrected chi connectivity index (χ3v) is 5.47. The van der Waals surface area contributed by atoms with Crippen LogP contribution >= 0.6 is 15.9 Å². The summed E-state index contributed by atoms with van der Waals surface area (Å²) >= 11 is 3.49. The van der Waals surface area contributed by atoms with Crippen molar-refractivity contribution in [2.45, 2.75) is 63.8 Å². The summed E-state index contributed by atoms with van der Waals surface area (Å²) in [5.41, 5.74) is 6.25. The van der Waals surface area contributed by atoms with Gasteiger partial charge in [0.15, 0.2) is 0 Å². The van der Waals surface area contributed by atoms with Gasteiger partial charge >= 0.3 is 6.18 Å². The first-order valence-electron chi connectivity index (χ1n) is 8.01. The van der Waals surface area contributed by atoms with Gasteiger partial charge in [0.2, 0.25) is 0 Å². The van der Waals surface area contributed by atoms with Crippen LogP contribution in [0.25, 0.3) is 0 Å². The number of hydrogen-bond acceptors (Lipinski definition) is 2. The summed E-state index contributed by atoms with van der Waals surface area (Å²) in [6, 6.07) is 4.18. The summed E-state index contributed by atoms with van der Waals surface area (Å²) in [7, 11) is 0. The monoisotopic (exact) mass is 393 g/mol. The molecule has 0 amide bonds. The van der Waals surface area contributed by atoms with Crippen molar-refractivity contribution < 1.29 is 17.9 Å². The zero-order valence-corrected chi connectivity index (χ0v) is 14.8. The minimum atomic E-state index is -4.28. The van der Waals surface area contributed by atoms with Gasteiger partial charge in [-0.25, -0.2) is 0 Å². The molecule has 0 spiro atoms. The molecule has 130 valence electrons. The molecule has 1 aromatic rings. The maximum Gasteiger partial charge on any atom is 0.403 e. The Morgan fingerprint density at radius 1 is 1.26 bits per heavy atom. The molecule has 1 aromatic carbocycles. The van der Waals surface area contributed by atoms with Crippen molar-refractivity contribution >= 4 is 15.9 Å². The molecule has 2 N–H and O–H groups in total. The molecule has 6 heteroatoms. The largest absolute Gasteiger partial charge is 0.490 e. The zero-order chi connectivity index (χ0) is 17.0. The van der Waals surface area contributed by atoms with Crippen LogP contribution in [-0.2, 0) is 0 Å². The smallest absolute Gasteiger partial charge is 0.403 e. The zero-order valence-electron chi connectivity index (χ0n) is 13.2. The number of ether oxygens (including phenoxy) is 1. The molecule has 0 bridgehead atoms. The predicted molar refractivity (Wildman–Crippen MR) is 88.5 cm³/mol. The molecule has 0 aliphatic heterocycles. The predicted octanol–water partition coefficient (Wildman–Crippen LogP) is 5.36. The summed E-state index contributed by atoms with van der Waals surface area (Å²) in [5.74, 6) is 1.20. The van der Waals surface area contributed by atoms with Gasteiger partial charge in [0.05, 0.1) is 6.10 Å². The number of hydrogen-bond donors (Lipinski definition) is 1. The standard InChI is InChI=1S/C17H23BrF3NO/c1-11-14(18)3-2-4-15(11)23-13-8-5-12(6-9-13)7-10-16(22)17(19,20)21/h2-4,12-13,16H,5-10,22H2,1H3/t12?,13?,16-/m1/s1. The van der Waals surface area contributed by atoms with Crippen molar-refractivity contribution in [1.29, 1.82) is 0 Å². The number of benzene rings is 1. The molecular weight excluding hydrogens is 371 g/mol. The van der Waals surface area contributed by atoms with Crippen LogP contribution in [0.1, 0.15) is 44.1 Å². The molecule has 0 aromatic heterocycles. The molecule has 1 saturated carbocycles. The fourth-order valence-electron chi connectivity index (χ4n) is 3.01. The number of rotatable bonds is 5. The van der Waals surface area contributed by atoms with E-state index < -0.39 is 12.2 Å². The maximum absolute atomic E-state index is 12.4. The van der Waals surface area contributed by atoms with Gasteiger partial charge in [-0.15, -0.1) is 0 Å². The second-order valence-corrected chi connectivity index (χ2v) is 7.20. The fourth-order valence-corrected chi connectivity index (χ4v) is 3.36. The van der Waals surface area contributed by atoms with Crippen molar-refractivity contribution in [2.75, 3.05) is 0 Å². The van der Waals surface area contributed by atoms with Gasteiger partial charge in [-0.05, 0) is 63.5 Å². The molecule has 0 radical (unpaired) electrons. The van der Waals surface area contributed by atoms with E-state index in [4.69, 9.17) is 10.5 Å². The Bertz CT molecular complexity index is 513. The highest BCUT2D eigenvalue weighted by atomic mass is 79.9. The van der Waals surface area contributed by atoms with Crippen molar-refractivity contribution in [1.82, 2.24) is 0 Å². The van der Waals surface area contributed by atoms with Crippen LogP contribution < -0.4 is 10.5 Å². The van der Waals surface area contributed by atoms with Crippen LogP contribution in [0.3, 0.4) is 0 Å². The van der Waals surface area contributed by atoms with Crippen LogP contribution in [0.4, 0.5) is 13.2 Å². The van der Waals surface area contributed by atoms with Gasteiger partial charge in [-0.2, -0.15) is 13.2 Å². The molecule has 0 saturated heterocycles. The lowest BCUT2D eigenvalue weighted by molar-refractivity contribution is -0.149. The first-order valence-corrected chi connectivity index (χ1v) is 8.80. The number of nitrogens with two attached hydrogens (primary N) is 1. The van der Waals surface area contributed by atoms with E-state index in [1.54, 1.807) is 0 Å². The summed E-state index contributed by atoms with van der Waals surface area (Å²) in [6.07, 6.45) is 0.0163. The summed E-state index contributed by atoms with van der Waals surface area (Å²) < 4.78 is 44.4. The second-order valence-electron chi connectivity index (χ2n) is 6.35. The first kappa shape index (κ1) is 18.6. The fraction of sp³-hybridized carbons (Fsp3) is 0.647. The van der Waals surface area contributed by atoms with Gasteiger partial charge in [0.1, 0.15) is 11.8 Å². The number of alkyl halides is 3. The van der Waals surface area contributed by atoms with Crippen molar-refractivity contribution in [2.24, 2.45) is 11.7 Å². The summed E-state index contributed by atoms with van der Waals surface area (Å²) in [4.78, 5) is 0. The lowest BCUT2D eigenvalue weighted by Crippen LogP contribution is -2.37. The Labute approximate surface area is 143 Å². The van der Waals surface area contributed by atoms with Crippen LogP contribution in [0, 0.1) is 12.8 Å². The van der Waals surface area contributed by atoms with E-state index in [1.807, 2.05) is 25.1 Å². The quantitative estimate of drug-likeness (QED) is 0.729. The van der Waals surface area contributed by atoms with Gasteiger partial charge in [0, 0.05) is 10.0 Å². The van der Waals surface area contributed by atoms with Gasteiger partial charge in [-0.1, -0.05) is 22.0 Å². The van der Waals surface area contributed by atoms with Gasteiger partial charge in [0.25, 0.3) is 0 Å². The molecule has 1 fully saturated rings. The number of halogens is 4. The Morgan fingerprint density at radius 2 is 1.91 bits per heavy atom. The minimum Gasteiger partial charge on any atom is -0.490 e. The van der Waals surface area contributed by atoms with Crippen molar-refractivity contribution in [3.05, 3.63) is 28.2 Å².